The number of carbonyl (C=O) groups is 2. The molecule has 2 heterocycles. The molecule has 38 heavy (non-hydrogen) atoms. The molecule has 1 aliphatic rings. The molecule has 0 bridgehead atoms. The highest BCUT2D eigenvalue weighted by molar-refractivity contribution is 8.45. The van der Waals surface area contributed by atoms with Crippen LogP contribution >= 0.6 is 33.4 Å². The zero-order valence-corrected chi connectivity index (χ0v) is 21.1. The molecule has 2 amide bonds. The maximum Gasteiger partial charge on any atom is 0.413 e. The van der Waals surface area contributed by atoms with Gasteiger partial charge in [-0.25, -0.2) is 9.48 Å². The molecule has 0 unspecified atom stereocenters. The van der Waals surface area contributed by atoms with Crippen LogP contribution in [0.4, 0.5) is 30.0 Å². The minimum absolute atomic E-state index is 0.0537. The molecule has 2 aromatic heterocycles. The van der Waals surface area contributed by atoms with E-state index in [0.29, 0.717) is 10.4 Å². The summed E-state index contributed by atoms with van der Waals surface area (Å²) in [5.74, 6) is -1.29. The lowest BCUT2D eigenvalue weighted by Crippen LogP contribution is -2.30. The van der Waals surface area contributed by atoms with Gasteiger partial charge in [-0.05, 0) is 37.1 Å². The van der Waals surface area contributed by atoms with E-state index in [2.05, 4.69) is 15.4 Å². The average molecular weight is 597 g/mol. The zero-order valence-electron chi connectivity index (χ0n) is 18.7. The molecule has 3 N–H and O–H groups in total. The van der Waals surface area contributed by atoms with E-state index in [-0.39, 0.29) is 37.1 Å². The Morgan fingerprint density at radius 2 is 1.82 bits per heavy atom. The van der Waals surface area contributed by atoms with Crippen molar-refractivity contribution in [3.63, 3.8) is 0 Å². The summed E-state index contributed by atoms with van der Waals surface area (Å²) >= 11 is 11.9. The number of benzene rings is 1. The van der Waals surface area contributed by atoms with E-state index in [1.807, 2.05) is 0 Å². The van der Waals surface area contributed by atoms with Crippen molar-refractivity contribution in [1.29, 1.82) is 5.26 Å². The lowest BCUT2D eigenvalue weighted by atomic mass is 9.94. The fourth-order valence-corrected chi connectivity index (χ4v) is 5.15. The van der Waals surface area contributed by atoms with Crippen LogP contribution in [0.1, 0.15) is 29.8 Å². The Bertz CT molecular complexity index is 1500. The highest BCUT2D eigenvalue weighted by Crippen LogP contribution is 3.02. The Hall–Kier alpha value is -3.61. The summed E-state index contributed by atoms with van der Waals surface area (Å²) in [7, 11) is -10.2. The SMILES string of the molecule is N#Cc1nn(-c2c(Cl)cc(S(F)(F)(F)(F)F)cc2Cl)c(NC(=O)OCc2ccccn2)c1C1(C(N)=O)CC1. The number of carbonyl (C=O) groups excluding carboxylic acids is 2. The van der Waals surface area contributed by atoms with E-state index in [4.69, 9.17) is 33.7 Å². The van der Waals surface area contributed by atoms with Crippen molar-refractivity contribution in [2.75, 3.05) is 5.32 Å². The number of halogens is 7. The van der Waals surface area contributed by atoms with Crippen molar-refractivity contribution in [3.8, 4) is 11.8 Å². The third kappa shape index (κ3) is 5.19. The first-order valence-electron chi connectivity index (χ1n) is 10.4. The lowest BCUT2D eigenvalue weighted by Gasteiger charge is -2.40. The summed E-state index contributed by atoms with van der Waals surface area (Å²) in [6, 6.07) is 6.44. The highest BCUT2D eigenvalue weighted by atomic mass is 35.5. The van der Waals surface area contributed by atoms with Crippen molar-refractivity contribution in [3.05, 3.63) is 63.5 Å². The molecule has 1 saturated carbocycles. The van der Waals surface area contributed by atoms with Crippen LogP contribution in [0.2, 0.25) is 10.0 Å². The Morgan fingerprint density at radius 3 is 2.29 bits per heavy atom. The first kappa shape index (κ1) is 27.4. The predicted molar refractivity (Wildman–Crippen MR) is 128 cm³/mol. The second kappa shape index (κ2) is 8.45. The van der Waals surface area contributed by atoms with Gasteiger partial charge in [0.1, 0.15) is 29.1 Å². The molecule has 9 nitrogen and oxygen atoms in total. The van der Waals surface area contributed by atoms with Crippen LogP contribution in [0.3, 0.4) is 0 Å². The molecule has 1 aliphatic carbocycles. The molecule has 1 fully saturated rings. The number of anilines is 1. The number of nitrogens with two attached hydrogens (primary N) is 1. The Morgan fingerprint density at radius 1 is 1.18 bits per heavy atom. The van der Waals surface area contributed by atoms with Gasteiger partial charge in [-0.15, -0.1) is 0 Å². The number of hydrogen-bond donors (Lipinski definition) is 2. The van der Waals surface area contributed by atoms with Gasteiger partial charge < -0.3 is 10.5 Å². The summed E-state index contributed by atoms with van der Waals surface area (Å²) < 4.78 is 72.7. The normalized spacial score (nSPS) is 16.1. The smallest absolute Gasteiger partial charge is 0.413 e. The van der Waals surface area contributed by atoms with Gasteiger partial charge in [0, 0.05) is 11.8 Å². The maximum absolute atomic E-state index is 13.4. The molecule has 3 aromatic rings. The van der Waals surface area contributed by atoms with Crippen molar-refractivity contribution < 1.29 is 33.8 Å². The Balaban J connectivity index is 1.85. The van der Waals surface area contributed by atoms with Crippen LogP contribution < -0.4 is 11.1 Å². The number of amides is 2. The molecule has 1 aromatic carbocycles. The van der Waals surface area contributed by atoms with Gasteiger partial charge in [-0.1, -0.05) is 48.7 Å². The fourth-order valence-electron chi connectivity index (χ4n) is 3.69. The molecule has 0 spiro atoms. The summed E-state index contributed by atoms with van der Waals surface area (Å²) in [4.78, 5) is 26.6. The summed E-state index contributed by atoms with van der Waals surface area (Å²) in [6.45, 7) is -0.303. The number of rotatable bonds is 7. The van der Waals surface area contributed by atoms with Gasteiger partial charge >= 0.3 is 16.3 Å². The molecule has 0 aliphatic heterocycles. The van der Waals surface area contributed by atoms with E-state index >= 15 is 0 Å². The second-order valence-electron chi connectivity index (χ2n) is 8.27. The second-order valence-corrected chi connectivity index (χ2v) is 11.5. The maximum atomic E-state index is 13.4. The molecule has 4 rings (SSSR count). The summed E-state index contributed by atoms with van der Waals surface area (Å²) in [6.07, 6.45) is 0.627. The number of nitrogens with one attached hydrogen (secondary N) is 1. The van der Waals surface area contributed by atoms with Gasteiger partial charge in [-0.2, -0.15) is 10.4 Å². The minimum Gasteiger partial charge on any atom is -0.443 e. The number of nitrogens with zero attached hydrogens (tertiary/aromatic N) is 4. The zero-order chi connectivity index (χ0) is 28.2. The molecule has 17 heteroatoms. The van der Waals surface area contributed by atoms with Gasteiger partial charge in [0.15, 0.2) is 5.69 Å². The summed E-state index contributed by atoms with van der Waals surface area (Å²) in [5, 5.41) is 14.0. The van der Waals surface area contributed by atoms with Crippen molar-refractivity contribution in [2.45, 2.75) is 29.8 Å². The number of primary amides is 1. The molecular formula is C21H15Cl2F5N6O3S. The highest BCUT2D eigenvalue weighted by Gasteiger charge is 2.65. The van der Waals surface area contributed by atoms with E-state index in [0.717, 1.165) is 0 Å². The average Bonchev–Trinajstić information content (AvgIpc) is 3.54. The quantitative estimate of drug-likeness (QED) is 0.304. The largest absolute Gasteiger partial charge is 0.443 e. The van der Waals surface area contributed by atoms with Gasteiger partial charge in [0.05, 0.1) is 21.2 Å². The van der Waals surface area contributed by atoms with Crippen LogP contribution in [-0.4, -0.2) is 26.8 Å². The van der Waals surface area contributed by atoms with E-state index in [1.165, 1.54) is 6.20 Å². The number of ether oxygens (including phenoxy) is 1. The number of nitriles is 1. The van der Waals surface area contributed by atoms with Gasteiger partial charge in [-0.3, -0.25) is 15.1 Å². The van der Waals surface area contributed by atoms with Crippen molar-refractivity contribution >= 4 is 51.2 Å². The molecule has 0 radical (unpaired) electrons. The van der Waals surface area contributed by atoms with Crippen LogP contribution in [0.15, 0.2) is 41.4 Å². The summed E-state index contributed by atoms with van der Waals surface area (Å²) in [5.41, 5.74) is 3.27. The first-order valence-corrected chi connectivity index (χ1v) is 13.1. The molecule has 0 saturated heterocycles. The fraction of sp³-hybridized carbons (Fsp3) is 0.190. The number of pyridine rings is 1. The molecule has 0 atom stereocenters. The monoisotopic (exact) mass is 596 g/mol. The van der Waals surface area contributed by atoms with Gasteiger partial charge in [0.25, 0.3) is 0 Å². The third-order valence-electron chi connectivity index (χ3n) is 5.64. The Kier molecular flexibility index (Phi) is 6.10. The van der Waals surface area contributed by atoms with Crippen LogP contribution in [0.5, 0.6) is 0 Å². The predicted octanol–water partition coefficient (Wildman–Crippen LogP) is 6.37. The number of hydrogen-bond acceptors (Lipinski definition) is 6. The van der Waals surface area contributed by atoms with Crippen LogP contribution in [0.25, 0.3) is 5.69 Å². The minimum atomic E-state index is -10.2. The van der Waals surface area contributed by atoms with Crippen LogP contribution in [0, 0.1) is 11.3 Å². The first-order chi connectivity index (χ1) is 17.5. The van der Waals surface area contributed by atoms with E-state index in [9.17, 15) is 34.3 Å². The van der Waals surface area contributed by atoms with E-state index in [1.54, 1.807) is 24.3 Å². The van der Waals surface area contributed by atoms with E-state index < -0.39 is 59.8 Å². The lowest BCUT2D eigenvalue weighted by molar-refractivity contribution is -0.120. The topological polar surface area (TPSA) is 136 Å². The van der Waals surface area contributed by atoms with Crippen LogP contribution in [-0.2, 0) is 21.6 Å². The van der Waals surface area contributed by atoms with Crippen molar-refractivity contribution in [2.24, 2.45) is 5.73 Å². The third-order valence-corrected chi connectivity index (χ3v) is 7.34. The standard InChI is InChI=1S/C21H15Cl2F5N6O3S/c22-13-7-12(38(24,25,26,27)28)8-14(23)17(13)34-18(32-20(36)37-10-11-3-1-2-6-31-11)16(15(9-29)33-34)21(4-5-21)19(30)35/h1-3,6-8H,4-5,10H2,(H2,30,35)(H,32,36). The number of aromatic nitrogens is 3. The Labute approximate surface area is 221 Å². The molecule has 202 valence electrons. The molecular weight excluding hydrogens is 582 g/mol. The van der Waals surface area contributed by atoms with Crippen molar-refractivity contribution in [1.82, 2.24) is 14.8 Å². The van der Waals surface area contributed by atoms with Gasteiger partial charge in [0.2, 0.25) is 5.91 Å².